The summed E-state index contributed by atoms with van der Waals surface area (Å²) in [4.78, 5) is 0. The normalized spacial score (nSPS) is 14.1. The lowest BCUT2D eigenvalue weighted by molar-refractivity contribution is 0.690. The Hall–Kier alpha value is -1.88. The first-order chi connectivity index (χ1) is 9.29. The van der Waals surface area contributed by atoms with Crippen molar-refractivity contribution in [1.29, 1.82) is 0 Å². The standard InChI is InChI=1S/C14H16N4S/c19-14(15-12-6-7-12)16-13-8-9-18(17-13)10-11-4-2-1-3-5-11/h1-5,8-9,12H,6-7,10H2,(H2,15,16,17,19). The maximum atomic E-state index is 5.22. The number of thiocarbonyl (C=S) groups is 1. The fourth-order valence-corrected chi connectivity index (χ4v) is 2.12. The third-order valence-electron chi connectivity index (χ3n) is 2.98. The van der Waals surface area contributed by atoms with Crippen LogP contribution in [0.2, 0.25) is 0 Å². The van der Waals surface area contributed by atoms with Crippen molar-refractivity contribution in [2.45, 2.75) is 25.4 Å². The summed E-state index contributed by atoms with van der Waals surface area (Å²) in [5.41, 5.74) is 1.23. The first kappa shape index (κ1) is 12.2. The Kier molecular flexibility index (Phi) is 3.46. The molecule has 1 fully saturated rings. The van der Waals surface area contributed by atoms with Gasteiger partial charge < -0.3 is 10.6 Å². The highest BCUT2D eigenvalue weighted by molar-refractivity contribution is 7.80. The first-order valence-corrected chi connectivity index (χ1v) is 6.85. The summed E-state index contributed by atoms with van der Waals surface area (Å²) in [7, 11) is 0. The maximum Gasteiger partial charge on any atom is 0.172 e. The van der Waals surface area contributed by atoms with E-state index in [1.54, 1.807) is 0 Å². The molecule has 0 aliphatic heterocycles. The Bertz CT molecular complexity index is 560. The van der Waals surface area contributed by atoms with Crippen molar-refractivity contribution in [3.05, 3.63) is 48.2 Å². The van der Waals surface area contributed by atoms with Gasteiger partial charge in [-0.15, -0.1) is 0 Å². The second kappa shape index (κ2) is 5.40. The number of anilines is 1. The third kappa shape index (κ3) is 3.54. The second-order valence-corrected chi connectivity index (χ2v) is 5.17. The van der Waals surface area contributed by atoms with Crippen LogP contribution in [0.5, 0.6) is 0 Å². The lowest BCUT2D eigenvalue weighted by Gasteiger charge is -2.06. The average Bonchev–Trinajstić information content (AvgIpc) is 3.11. The largest absolute Gasteiger partial charge is 0.360 e. The van der Waals surface area contributed by atoms with E-state index in [1.807, 2.05) is 35.1 Å². The predicted octanol–water partition coefficient (Wildman–Crippen LogP) is 2.38. The van der Waals surface area contributed by atoms with Crippen molar-refractivity contribution < 1.29 is 0 Å². The van der Waals surface area contributed by atoms with Gasteiger partial charge in [0.25, 0.3) is 0 Å². The van der Waals surface area contributed by atoms with Gasteiger partial charge in [0.15, 0.2) is 10.9 Å². The Morgan fingerprint density at radius 3 is 2.79 bits per heavy atom. The summed E-state index contributed by atoms with van der Waals surface area (Å²) in [5.74, 6) is 0.786. The van der Waals surface area contributed by atoms with Crippen LogP contribution in [0.1, 0.15) is 18.4 Å². The van der Waals surface area contributed by atoms with Gasteiger partial charge in [-0.25, -0.2) is 0 Å². The van der Waals surface area contributed by atoms with E-state index in [-0.39, 0.29) is 0 Å². The molecular formula is C14H16N4S. The molecule has 1 heterocycles. The van der Waals surface area contributed by atoms with E-state index in [1.165, 1.54) is 18.4 Å². The number of hydrogen-bond acceptors (Lipinski definition) is 2. The zero-order chi connectivity index (χ0) is 13.1. The van der Waals surface area contributed by atoms with E-state index < -0.39 is 0 Å². The molecule has 2 N–H and O–H groups in total. The van der Waals surface area contributed by atoms with Crippen LogP contribution in [-0.4, -0.2) is 20.9 Å². The number of nitrogens with zero attached hydrogens (tertiary/aromatic N) is 2. The highest BCUT2D eigenvalue weighted by Gasteiger charge is 2.21. The van der Waals surface area contributed by atoms with Gasteiger partial charge in [0.1, 0.15) is 0 Å². The lowest BCUT2D eigenvalue weighted by atomic mass is 10.2. The maximum absolute atomic E-state index is 5.22. The molecule has 5 heteroatoms. The van der Waals surface area contributed by atoms with Gasteiger partial charge in [0.2, 0.25) is 0 Å². The van der Waals surface area contributed by atoms with Crippen LogP contribution in [0.15, 0.2) is 42.6 Å². The van der Waals surface area contributed by atoms with Gasteiger partial charge in [-0.1, -0.05) is 30.3 Å². The fourth-order valence-electron chi connectivity index (χ4n) is 1.85. The highest BCUT2D eigenvalue weighted by Crippen LogP contribution is 2.18. The smallest absolute Gasteiger partial charge is 0.172 e. The minimum absolute atomic E-state index is 0.561. The van der Waals surface area contributed by atoms with Gasteiger partial charge in [0.05, 0.1) is 6.54 Å². The monoisotopic (exact) mass is 272 g/mol. The Labute approximate surface area is 117 Å². The van der Waals surface area contributed by atoms with E-state index in [9.17, 15) is 0 Å². The number of benzene rings is 1. The Morgan fingerprint density at radius 1 is 1.26 bits per heavy atom. The summed E-state index contributed by atoms with van der Waals surface area (Å²) in [6, 6.07) is 12.8. The Balaban J connectivity index is 1.58. The summed E-state index contributed by atoms with van der Waals surface area (Å²) in [6.07, 6.45) is 4.38. The molecule has 0 unspecified atom stereocenters. The minimum Gasteiger partial charge on any atom is -0.360 e. The molecule has 1 aliphatic carbocycles. The first-order valence-electron chi connectivity index (χ1n) is 6.44. The Morgan fingerprint density at radius 2 is 2.05 bits per heavy atom. The average molecular weight is 272 g/mol. The van der Waals surface area contributed by atoms with Crippen LogP contribution < -0.4 is 10.6 Å². The van der Waals surface area contributed by atoms with E-state index in [2.05, 4.69) is 27.9 Å². The summed E-state index contributed by atoms with van der Waals surface area (Å²) >= 11 is 5.22. The highest BCUT2D eigenvalue weighted by atomic mass is 32.1. The van der Waals surface area contributed by atoms with E-state index in [4.69, 9.17) is 12.2 Å². The molecule has 98 valence electrons. The van der Waals surface area contributed by atoms with Crippen LogP contribution in [0.3, 0.4) is 0 Å². The molecule has 4 nitrogen and oxygen atoms in total. The molecule has 0 amide bonds. The summed E-state index contributed by atoms with van der Waals surface area (Å²) in [5, 5.41) is 11.5. The minimum atomic E-state index is 0.561. The van der Waals surface area contributed by atoms with Gasteiger partial charge in [-0.2, -0.15) is 5.10 Å². The quantitative estimate of drug-likeness (QED) is 0.839. The fraction of sp³-hybridized carbons (Fsp3) is 0.286. The third-order valence-corrected chi connectivity index (χ3v) is 3.20. The molecule has 2 aromatic rings. The van der Waals surface area contributed by atoms with E-state index in [0.29, 0.717) is 11.2 Å². The molecule has 1 aliphatic rings. The molecule has 19 heavy (non-hydrogen) atoms. The van der Waals surface area contributed by atoms with Crippen LogP contribution in [0.4, 0.5) is 5.82 Å². The van der Waals surface area contributed by atoms with Crippen LogP contribution >= 0.6 is 12.2 Å². The van der Waals surface area contributed by atoms with E-state index >= 15 is 0 Å². The lowest BCUT2D eigenvalue weighted by Crippen LogP contribution is -2.30. The topological polar surface area (TPSA) is 41.9 Å². The molecule has 3 rings (SSSR count). The van der Waals surface area contributed by atoms with Crippen molar-refractivity contribution in [3.63, 3.8) is 0 Å². The van der Waals surface area contributed by atoms with Crippen molar-refractivity contribution in [3.8, 4) is 0 Å². The van der Waals surface area contributed by atoms with E-state index in [0.717, 1.165) is 12.4 Å². The van der Waals surface area contributed by atoms with Gasteiger partial charge in [0, 0.05) is 18.3 Å². The number of hydrogen-bond donors (Lipinski definition) is 2. The molecule has 1 aromatic heterocycles. The SMILES string of the molecule is S=C(Nc1ccn(Cc2ccccc2)n1)NC1CC1. The van der Waals surface area contributed by atoms with Gasteiger partial charge in [-0.3, -0.25) is 4.68 Å². The van der Waals surface area contributed by atoms with Crippen molar-refractivity contribution in [2.75, 3.05) is 5.32 Å². The van der Waals surface area contributed by atoms with Crippen LogP contribution in [0, 0.1) is 0 Å². The molecule has 0 saturated heterocycles. The summed E-state index contributed by atoms with van der Waals surface area (Å²) in [6.45, 7) is 0.769. The number of rotatable bonds is 4. The van der Waals surface area contributed by atoms with Gasteiger partial charge >= 0.3 is 0 Å². The molecule has 0 spiro atoms. The zero-order valence-corrected chi connectivity index (χ0v) is 11.4. The second-order valence-electron chi connectivity index (χ2n) is 4.76. The van der Waals surface area contributed by atoms with Crippen molar-refractivity contribution in [2.24, 2.45) is 0 Å². The predicted molar refractivity (Wildman–Crippen MR) is 80.1 cm³/mol. The van der Waals surface area contributed by atoms with Crippen LogP contribution in [0.25, 0.3) is 0 Å². The van der Waals surface area contributed by atoms with Crippen molar-refractivity contribution in [1.82, 2.24) is 15.1 Å². The zero-order valence-electron chi connectivity index (χ0n) is 10.5. The number of aromatic nitrogens is 2. The van der Waals surface area contributed by atoms with Gasteiger partial charge in [-0.05, 0) is 30.6 Å². The molecule has 0 bridgehead atoms. The molecule has 0 atom stereocenters. The molecule has 1 aromatic carbocycles. The molecule has 1 saturated carbocycles. The van der Waals surface area contributed by atoms with Crippen LogP contribution in [-0.2, 0) is 6.54 Å². The molecule has 0 radical (unpaired) electrons. The summed E-state index contributed by atoms with van der Waals surface area (Å²) < 4.78 is 1.90. The number of nitrogens with one attached hydrogen (secondary N) is 2. The van der Waals surface area contributed by atoms with Crippen molar-refractivity contribution >= 4 is 23.1 Å². The molecular weight excluding hydrogens is 256 g/mol.